The van der Waals surface area contributed by atoms with E-state index in [-0.39, 0.29) is 8.59 Å². The van der Waals surface area contributed by atoms with E-state index in [1.807, 2.05) is 0 Å². The number of rotatable bonds is 1. The summed E-state index contributed by atoms with van der Waals surface area (Å²) in [7, 11) is 0. The van der Waals surface area contributed by atoms with Gasteiger partial charge in [-0.1, -0.05) is 47.5 Å². The molecule has 100 valence electrons. The zero-order chi connectivity index (χ0) is 14.2. The minimum Gasteiger partial charge on any atom is -0.166 e. The lowest BCUT2D eigenvalue weighted by atomic mass is 10.0. The van der Waals surface area contributed by atoms with Crippen LogP contribution in [0.15, 0.2) is 36.4 Å². The average molecular weight is 417 g/mol. The summed E-state index contributed by atoms with van der Waals surface area (Å²) >= 11 is 13.6. The standard InChI is InChI=1S/C13H6Cl2F3I/c14-10-6-2-3-7(11(10)15)8-4-1-5-9(12(8)19)13(16,17)18/h1-6H. The Hall–Kier alpha value is -0.460. The number of hydrogen-bond donors (Lipinski definition) is 0. The van der Waals surface area contributed by atoms with Crippen molar-refractivity contribution in [1.82, 2.24) is 0 Å². The van der Waals surface area contributed by atoms with Gasteiger partial charge in [0.25, 0.3) is 0 Å². The monoisotopic (exact) mass is 416 g/mol. The summed E-state index contributed by atoms with van der Waals surface area (Å²) in [5.41, 5.74) is 0.231. The fourth-order valence-electron chi connectivity index (χ4n) is 1.67. The van der Waals surface area contributed by atoms with E-state index in [4.69, 9.17) is 23.2 Å². The Labute approximate surface area is 131 Å². The molecule has 19 heavy (non-hydrogen) atoms. The zero-order valence-electron chi connectivity index (χ0n) is 9.23. The lowest BCUT2D eigenvalue weighted by Gasteiger charge is -2.14. The van der Waals surface area contributed by atoms with Crippen LogP contribution < -0.4 is 0 Å². The Bertz CT molecular complexity index is 624. The fourth-order valence-corrected chi connectivity index (χ4v) is 3.03. The van der Waals surface area contributed by atoms with E-state index in [0.717, 1.165) is 6.07 Å². The third kappa shape index (κ3) is 3.01. The molecule has 0 bridgehead atoms. The molecule has 0 saturated carbocycles. The molecule has 0 fully saturated rings. The van der Waals surface area contributed by atoms with Gasteiger partial charge in [0.05, 0.1) is 15.6 Å². The fraction of sp³-hybridized carbons (Fsp3) is 0.0769. The molecular formula is C13H6Cl2F3I. The summed E-state index contributed by atoms with van der Waals surface area (Å²) in [6.07, 6.45) is -4.39. The normalized spacial score (nSPS) is 11.7. The van der Waals surface area contributed by atoms with E-state index in [2.05, 4.69) is 0 Å². The molecule has 0 heterocycles. The first kappa shape index (κ1) is 14.9. The summed E-state index contributed by atoms with van der Waals surface area (Å²) < 4.78 is 38.7. The average Bonchev–Trinajstić information content (AvgIpc) is 2.32. The first-order chi connectivity index (χ1) is 8.82. The van der Waals surface area contributed by atoms with Gasteiger partial charge in [-0.2, -0.15) is 13.2 Å². The second-order valence-corrected chi connectivity index (χ2v) is 5.63. The Kier molecular flexibility index (Phi) is 4.32. The van der Waals surface area contributed by atoms with Crippen LogP contribution in [-0.4, -0.2) is 0 Å². The molecule has 0 spiro atoms. The minimum atomic E-state index is -4.39. The topological polar surface area (TPSA) is 0 Å². The molecule has 0 aliphatic heterocycles. The van der Waals surface area contributed by atoms with Crippen molar-refractivity contribution in [1.29, 1.82) is 0 Å². The maximum atomic E-state index is 12.9. The minimum absolute atomic E-state index is 0.108. The third-order valence-corrected chi connectivity index (χ3v) is 4.53. The summed E-state index contributed by atoms with van der Waals surface area (Å²) in [5, 5.41) is 0.564. The van der Waals surface area contributed by atoms with Crippen LogP contribution in [0.4, 0.5) is 13.2 Å². The molecule has 2 aromatic rings. The lowest BCUT2D eigenvalue weighted by Crippen LogP contribution is -2.08. The van der Waals surface area contributed by atoms with Crippen molar-refractivity contribution in [3.63, 3.8) is 0 Å². The van der Waals surface area contributed by atoms with E-state index in [1.165, 1.54) is 6.07 Å². The van der Waals surface area contributed by atoms with Gasteiger partial charge in [-0.25, -0.2) is 0 Å². The van der Waals surface area contributed by atoms with E-state index in [0.29, 0.717) is 16.1 Å². The summed E-state index contributed by atoms with van der Waals surface area (Å²) in [6.45, 7) is 0. The molecule has 0 nitrogen and oxygen atoms in total. The Morgan fingerprint density at radius 2 is 1.47 bits per heavy atom. The molecule has 2 aromatic carbocycles. The van der Waals surface area contributed by atoms with Crippen molar-refractivity contribution in [2.45, 2.75) is 6.18 Å². The highest BCUT2D eigenvalue weighted by Crippen LogP contribution is 2.40. The quantitative estimate of drug-likeness (QED) is 0.479. The van der Waals surface area contributed by atoms with Crippen molar-refractivity contribution >= 4 is 45.8 Å². The van der Waals surface area contributed by atoms with E-state index < -0.39 is 11.7 Å². The van der Waals surface area contributed by atoms with Gasteiger partial charge in [0.2, 0.25) is 0 Å². The van der Waals surface area contributed by atoms with Crippen LogP contribution in [0.5, 0.6) is 0 Å². The lowest BCUT2D eigenvalue weighted by molar-refractivity contribution is -0.138. The number of halogens is 6. The highest BCUT2D eigenvalue weighted by molar-refractivity contribution is 14.1. The Balaban J connectivity index is 2.68. The van der Waals surface area contributed by atoms with Gasteiger partial charge in [0, 0.05) is 9.13 Å². The third-order valence-electron chi connectivity index (χ3n) is 2.55. The van der Waals surface area contributed by atoms with E-state index >= 15 is 0 Å². The second-order valence-electron chi connectivity index (χ2n) is 3.77. The SMILES string of the molecule is FC(F)(F)c1cccc(-c2cccc(Cl)c2Cl)c1I. The molecule has 0 aromatic heterocycles. The maximum absolute atomic E-state index is 12.9. The van der Waals surface area contributed by atoms with E-state index in [9.17, 15) is 13.2 Å². The smallest absolute Gasteiger partial charge is 0.166 e. The summed E-state index contributed by atoms with van der Waals surface area (Å²) in [4.78, 5) is 0. The number of alkyl halides is 3. The van der Waals surface area contributed by atoms with Crippen molar-refractivity contribution in [3.05, 3.63) is 55.6 Å². The van der Waals surface area contributed by atoms with Crippen LogP contribution in [0.3, 0.4) is 0 Å². The number of benzene rings is 2. The second kappa shape index (κ2) is 5.50. The van der Waals surface area contributed by atoms with Gasteiger partial charge in [-0.3, -0.25) is 0 Å². The van der Waals surface area contributed by atoms with Crippen LogP contribution >= 0.6 is 45.8 Å². The molecule has 0 N–H and O–H groups in total. The molecule has 0 radical (unpaired) electrons. The van der Waals surface area contributed by atoms with Crippen LogP contribution in [0.2, 0.25) is 10.0 Å². The molecule has 0 amide bonds. The van der Waals surface area contributed by atoms with Crippen molar-refractivity contribution in [2.75, 3.05) is 0 Å². The van der Waals surface area contributed by atoms with Crippen LogP contribution in [-0.2, 0) is 6.18 Å². The molecular weight excluding hydrogens is 411 g/mol. The van der Waals surface area contributed by atoms with Gasteiger partial charge in [-0.15, -0.1) is 0 Å². The Morgan fingerprint density at radius 3 is 2.11 bits per heavy atom. The maximum Gasteiger partial charge on any atom is 0.417 e. The summed E-state index contributed by atoms with van der Waals surface area (Å²) in [5.74, 6) is 0. The predicted octanol–water partition coefficient (Wildman–Crippen LogP) is 6.28. The molecule has 0 saturated heterocycles. The van der Waals surface area contributed by atoms with Crippen molar-refractivity contribution in [3.8, 4) is 11.1 Å². The van der Waals surface area contributed by atoms with Crippen molar-refractivity contribution in [2.24, 2.45) is 0 Å². The molecule has 0 aliphatic rings. The van der Waals surface area contributed by atoms with Gasteiger partial charge in [0.1, 0.15) is 0 Å². The highest BCUT2D eigenvalue weighted by atomic mass is 127. The summed E-state index contributed by atoms with van der Waals surface area (Å²) in [6, 6.07) is 8.88. The van der Waals surface area contributed by atoms with Crippen LogP contribution in [0.25, 0.3) is 11.1 Å². The molecule has 6 heteroatoms. The van der Waals surface area contributed by atoms with Gasteiger partial charge in [-0.05, 0) is 40.3 Å². The van der Waals surface area contributed by atoms with Gasteiger partial charge < -0.3 is 0 Å². The molecule has 0 aliphatic carbocycles. The Morgan fingerprint density at radius 1 is 0.895 bits per heavy atom. The van der Waals surface area contributed by atoms with Crippen molar-refractivity contribution < 1.29 is 13.2 Å². The number of hydrogen-bond acceptors (Lipinski definition) is 0. The zero-order valence-corrected chi connectivity index (χ0v) is 12.9. The van der Waals surface area contributed by atoms with Crippen LogP contribution in [0.1, 0.15) is 5.56 Å². The van der Waals surface area contributed by atoms with Gasteiger partial charge in [0.15, 0.2) is 0 Å². The van der Waals surface area contributed by atoms with E-state index in [1.54, 1.807) is 46.9 Å². The largest absolute Gasteiger partial charge is 0.417 e. The molecule has 2 rings (SSSR count). The molecule has 0 unspecified atom stereocenters. The van der Waals surface area contributed by atoms with Crippen LogP contribution in [0, 0.1) is 3.57 Å². The van der Waals surface area contributed by atoms with Gasteiger partial charge >= 0.3 is 6.18 Å². The highest BCUT2D eigenvalue weighted by Gasteiger charge is 2.33. The first-order valence-corrected chi connectivity index (χ1v) is 6.96. The molecule has 0 atom stereocenters. The first-order valence-electron chi connectivity index (χ1n) is 5.12. The predicted molar refractivity (Wildman–Crippen MR) is 79.6 cm³/mol.